The maximum atomic E-state index is 11.2. The quantitative estimate of drug-likeness (QED) is 0.474. The third kappa shape index (κ3) is 5.85. The minimum atomic E-state index is -4.35. The van der Waals surface area contributed by atoms with Gasteiger partial charge in [-0.2, -0.15) is 0 Å². The highest BCUT2D eigenvalue weighted by atomic mass is 32.7. The number of hydrogen-bond donors (Lipinski definition) is 5. The Kier molecular flexibility index (Phi) is 6.32. The number of hydrogen-bond acceptors (Lipinski definition) is 5. The molecule has 1 atom stereocenters. The molecule has 0 amide bonds. The summed E-state index contributed by atoms with van der Waals surface area (Å²) in [5.74, 6) is 0.105. The Morgan fingerprint density at radius 1 is 1.04 bits per heavy atom. The van der Waals surface area contributed by atoms with E-state index in [4.69, 9.17) is 9.79 Å². The van der Waals surface area contributed by atoms with Crippen molar-refractivity contribution in [1.29, 1.82) is 0 Å². The van der Waals surface area contributed by atoms with Crippen LogP contribution >= 0.6 is 18.2 Å². The van der Waals surface area contributed by atoms with Gasteiger partial charge < -0.3 is 25.1 Å². The predicted octanol–water partition coefficient (Wildman–Crippen LogP) is 3.34. The van der Waals surface area contributed by atoms with E-state index in [-0.39, 0.29) is 16.4 Å². The van der Waals surface area contributed by atoms with Gasteiger partial charge in [0, 0.05) is 4.90 Å². The Hall–Kier alpha value is -1.50. The van der Waals surface area contributed by atoms with Gasteiger partial charge in [-0.05, 0) is 72.1 Å². The molecule has 0 aliphatic heterocycles. The summed E-state index contributed by atoms with van der Waals surface area (Å²) >= 11 is 0.359. The summed E-state index contributed by atoms with van der Waals surface area (Å²) in [5.41, 5.74) is 1.22. The first-order valence-corrected chi connectivity index (χ1v) is 10.3. The number of phenolic OH excluding ortho intramolecular Hbond substituents is 2. The number of rotatable bonds is 7. The zero-order chi connectivity index (χ0) is 17.7. The fourth-order valence-electron chi connectivity index (χ4n) is 2.37. The fraction of sp³-hybridized carbons (Fsp3) is 0.250. The molecule has 2 aromatic carbocycles. The molecule has 0 aliphatic rings. The first kappa shape index (κ1) is 18.8. The first-order valence-electron chi connectivity index (χ1n) is 7.28. The van der Waals surface area contributed by atoms with Crippen LogP contribution in [0.3, 0.4) is 0 Å². The summed E-state index contributed by atoms with van der Waals surface area (Å²) < 4.78 is 11.2. The van der Waals surface area contributed by atoms with Crippen LogP contribution in [0.4, 0.5) is 0 Å². The molecule has 0 spiro atoms. The predicted molar refractivity (Wildman–Crippen MR) is 92.0 cm³/mol. The van der Waals surface area contributed by atoms with E-state index in [0.717, 1.165) is 5.56 Å². The summed E-state index contributed by atoms with van der Waals surface area (Å²) in [6, 6.07) is 10.9. The van der Waals surface area contributed by atoms with Crippen molar-refractivity contribution in [1.82, 2.24) is 0 Å². The monoisotopic (exact) mass is 370 g/mol. The summed E-state index contributed by atoms with van der Waals surface area (Å²) in [5, 5.41) is 29.3. The molecule has 0 aromatic heterocycles. The molecule has 0 radical (unpaired) electrons. The summed E-state index contributed by atoms with van der Waals surface area (Å²) in [6.07, 6.45) is 0.655. The molecule has 1 unspecified atom stereocenters. The molecule has 130 valence electrons. The zero-order valence-corrected chi connectivity index (χ0v) is 14.5. The second kappa shape index (κ2) is 8.05. The van der Waals surface area contributed by atoms with Gasteiger partial charge in [-0.15, -0.1) is 0 Å². The topological polar surface area (TPSA) is 118 Å². The number of aliphatic hydroxyl groups is 1. The van der Waals surface area contributed by atoms with Crippen molar-refractivity contribution >= 4 is 18.2 Å². The van der Waals surface area contributed by atoms with Gasteiger partial charge in [-0.25, -0.2) is 4.57 Å². The molecule has 5 N–H and O–H groups in total. The molecule has 2 aromatic rings. The van der Waals surface area contributed by atoms with Crippen molar-refractivity contribution in [2.75, 3.05) is 0 Å². The highest BCUT2D eigenvalue weighted by Gasteiger charge is 2.21. The SMILES string of the molecule is O=P(O)(O)Sc1ccc(O)cc1C(O)CCCc1cccc(O)c1. The summed E-state index contributed by atoms with van der Waals surface area (Å²) in [7, 11) is 0. The molecule has 6 nitrogen and oxygen atoms in total. The Bertz CT molecular complexity index is 745. The molecule has 0 saturated carbocycles. The highest BCUT2D eigenvalue weighted by Crippen LogP contribution is 2.56. The van der Waals surface area contributed by atoms with Crippen LogP contribution in [0.2, 0.25) is 0 Å². The maximum Gasteiger partial charge on any atom is 0.388 e. The summed E-state index contributed by atoms with van der Waals surface area (Å²) in [4.78, 5) is 18.4. The van der Waals surface area contributed by atoms with Gasteiger partial charge in [0.05, 0.1) is 6.10 Å². The molecule has 0 bridgehead atoms. The van der Waals surface area contributed by atoms with Gasteiger partial charge in [0.1, 0.15) is 11.5 Å². The normalized spacial score (nSPS) is 13.0. The van der Waals surface area contributed by atoms with Crippen LogP contribution in [0, 0.1) is 0 Å². The second-order valence-corrected chi connectivity index (χ2v) is 8.96. The average Bonchev–Trinajstić information content (AvgIpc) is 2.47. The van der Waals surface area contributed by atoms with E-state index in [1.807, 2.05) is 6.07 Å². The van der Waals surface area contributed by atoms with Crippen LogP contribution in [-0.2, 0) is 11.0 Å². The van der Waals surface area contributed by atoms with Crippen molar-refractivity contribution in [2.24, 2.45) is 0 Å². The number of aromatic hydroxyl groups is 2. The van der Waals surface area contributed by atoms with Crippen LogP contribution in [-0.4, -0.2) is 25.1 Å². The summed E-state index contributed by atoms with van der Waals surface area (Å²) in [6.45, 7) is -4.35. The molecule has 2 rings (SSSR count). The molecular weight excluding hydrogens is 351 g/mol. The molecule has 0 heterocycles. The lowest BCUT2D eigenvalue weighted by Gasteiger charge is -2.16. The van der Waals surface area contributed by atoms with Gasteiger partial charge in [0.2, 0.25) is 0 Å². The molecule has 0 aliphatic carbocycles. The van der Waals surface area contributed by atoms with Gasteiger partial charge in [-0.3, -0.25) is 0 Å². The first-order chi connectivity index (χ1) is 11.2. The Labute approximate surface area is 143 Å². The fourth-order valence-corrected chi connectivity index (χ4v) is 4.33. The maximum absolute atomic E-state index is 11.2. The standard InChI is InChI=1S/C16H19O6PS/c17-12-5-1-3-11(9-12)4-2-6-15(19)14-10-13(18)7-8-16(14)24-23(20,21)22/h1,3,5,7-10,15,17-19H,2,4,6H2,(H2,20,21,22). The van der Waals surface area contributed by atoms with Gasteiger partial charge in [0.15, 0.2) is 0 Å². The average molecular weight is 370 g/mol. The number of benzene rings is 2. The van der Waals surface area contributed by atoms with Crippen molar-refractivity contribution < 1.29 is 29.7 Å². The highest BCUT2D eigenvalue weighted by molar-refractivity contribution is 8.54. The van der Waals surface area contributed by atoms with Crippen LogP contribution in [0.1, 0.15) is 30.1 Å². The molecule has 24 heavy (non-hydrogen) atoms. The van der Waals surface area contributed by atoms with Crippen LogP contribution in [0.25, 0.3) is 0 Å². The van der Waals surface area contributed by atoms with E-state index >= 15 is 0 Å². The third-order valence-electron chi connectivity index (χ3n) is 3.42. The Morgan fingerprint density at radius 3 is 2.42 bits per heavy atom. The van der Waals surface area contributed by atoms with E-state index in [9.17, 15) is 19.9 Å². The lowest BCUT2D eigenvalue weighted by molar-refractivity contribution is 0.161. The van der Waals surface area contributed by atoms with Crippen molar-refractivity contribution in [3.8, 4) is 11.5 Å². The number of aryl methyl sites for hydroxylation is 1. The lowest BCUT2D eigenvalue weighted by Crippen LogP contribution is -2.00. The van der Waals surface area contributed by atoms with E-state index in [2.05, 4.69) is 0 Å². The molecule has 8 heteroatoms. The van der Waals surface area contributed by atoms with Crippen molar-refractivity contribution in [2.45, 2.75) is 30.3 Å². The lowest BCUT2D eigenvalue weighted by atomic mass is 10.0. The van der Waals surface area contributed by atoms with Gasteiger partial charge in [0.25, 0.3) is 0 Å². The van der Waals surface area contributed by atoms with Crippen molar-refractivity contribution in [3.63, 3.8) is 0 Å². The van der Waals surface area contributed by atoms with E-state index in [1.165, 1.54) is 18.2 Å². The number of aliphatic hydroxyl groups excluding tert-OH is 1. The third-order valence-corrected chi connectivity index (χ3v) is 5.53. The van der Waals surface area contributed by atoms with Crippen LogP contribution in [0.5, 0.6) is 11.5 Å². The van der Waals surface area contributed by atoms with E-state index in [1.54, 1.807) is 18.2 Å². The van der Waals surface area contributed by atoms with E-state index < -0.39 is 12.9 Å². The Morgan fingerprint density at radius 2 is 1.75 bits per heavy atom. The van der Waals surface area contributed by atoms with E-state index in [0.29, 0.717) is 36.2 Å². The second-order valence-electron chi connectivity index (χ2n) is 5.38. The Balaban J connectivity index is 2.04. The minimum Gasteiger partial charge on any atom is -0.508 e. The molecular formula is C16H19O6PS. The minimum absolute atomic E-state index is 0.0768. The largest absolute Gasteiger partial charge is 0.508 e. The molecule has 0 saturated heterocycles. The smallest absolute Gasteiger partial charge is 0.388 e. The van der Waals surface area contributed by atoms with Crippen LogP contribution < -0.4 is 0 Å². The zero-order valence-electron chi connectivity index (χ0n) is 12.7. The van der Waals surface area contributed by atoms with Crippen molar-refractivity contribution in [3.05, 3.63) is 53.6 Å². The van der Waals surface area contributed by atoms with Gasteiger partial charge in [-0.1, -0.05) is 12.1 Å². The van der Waals surface area contributed by atoms with Gasteiger partial charge >= 0.3 is 6.80 Å². The van der Waals surface area contributed by atoms with Crippen LogP contribution in [0.15, 0.2) is 47.4 Å². The number of phenols is 2. The molecule has 0 fully saturated rings.